The van der Waals surface area contributed by atoms with Crippen molar-refractivity contribution >= 4 is 40.7 Å². The van der Waals surface area contributed by atoms with Crippen LogP contribution in [0.4, 0.5) is 17.1 Å². The lowest BCUT2D eigenvalue weighted by molar-refractivity contribution is -0.122. The van der Waals surface area contributed by atoms with E-state index in [2.05, 4.69) is 10.6 Å². The molecule has 1 aliphatic carbocycles. The summed E-state index contributed by atoms with van der Waals surface area (Å²) < 4.78 is 0. The van der Waals surface area contributed by atoms with E-state index >= 15 is 0 Å². The van der Waals surface area contributed by atoms with Crippen molar-refractivity contribution in [3.05, 3.63) is 101 Å². The smallest absolute Gasteiger partial charge is 0.257 e. The molecule has 0 saturated carbocycles. The molecular weight excluding hydrogens is 466 g/mol. The largest absolute Gasteiger partial charge is 0.322 e. The summed E-state index contributed by atoms with van der Waals surface area (Å²) in [4.78, 5) is 53.3. The second kappa shape index (κ2) is 9.85. The lowest BCUT2D eigenvalue weighted by Gasteiger charge is -2.19. The van der Waals surface area contributed by atoms with Gasteiger partial charge < -0.3 is 10.6 Å². The number of hydrogen-bond acceptors (Lipinski definition) is 4. The molecule has 0 bridgehead atoms. The molecule has 2 atom stereocenters. The number of rotatable bonds is 5. The molecule has 0 radical (unpaired) electrons. The number of carbonyl (C=O) groups is 4. The highest BCUT2D eigenvalue weighted by atomic mass is 16.2. The van der Waals surface area contributed by atoms with Crippen LogP contribution < -0.4 is 15.5 Å². The van der Waals surface area contributed by atoms with Crippen molar-refractivity contribution in [2.45, 2.75) is 26.7 Å². The van der Waals surface area contributed by atoms with E-state index in [1.807, 2.05) is 44.2 Å². The van der Waals surface area contributed by atoms with Crippen LogP contribution in [0.2, 0.25) is 0 Å². The van der Waals surface area contributed by atoms with Crippen molar-refractivity contribution in [1.82, 2.24) is 0 Å². The fraction of sp³-hybridized carbons (Fsp3) is 0.200. The number of imide groups is 1. The van der Waals surface area contributed by atoms with Gasteiger partial charge in [0.05, 0.1) is 23.1 Å². The SMILES string of the molecule is CC1=CC[C@H]2C(=O)N(c3ccccc3C(=O)Nc3ccc(C(=O)Nc4ccc(C)cc4)cc3)C(=O)[C@@H]2C1. The number of amides is 4. The highest BCUT2D eigenvalue weighted by molar-refractivity contribution is 6.25. The third-order valence-electron chi connectivity index (χ3n) is 6.93. The summed E-state index contributed by atoms with van der Waals surface area (Å²) in [6.07, 6.45) is 3.11. The van der Waals surface area contributed by atoms with E-state index in [0.717, 1.165) is 11.1 Å². The quantitative estimate of drug-likeness (QED) is 0.370. The number of carbonyl (C=O) groups excluding carboxylic acids is 4. The van der Waals surface area contributed by atoms with Crippen molar-refractivity contribution in [3.63, 3.8) is 0 Å². The zero-order chi connectivity index (χ0) is 26.1. The monoisotopic (exact) mass is 493 g/mol. The Morgan fingerprint density at radius 3 is 2.05 bits per heavy atom. The molecule has 186 valence electrons. The molecular formula is C30H27N3O4. The van der Waals surface area contributed by atoms with Crippen LogP contribution in [0.25, 0.3) is 0 Å². The summed E-state index contributed by atoms with van der Waals surface area (Å²) in [5.41, 5.74) is 4.35. The molecule has 7 nitrogen and oxygen atoms in total. The molecule has 5 rings (SSSR count). The minimum atomic E-state index is -0.447. The van der Waals surface area contributed by atoms with Gasteiger partial charge in [0.25, 0.3) is 11.8 Å². The number of allylic oxidation sites excluding steroid dienone is 2. The number of anilines is 3. The van der Waals surface area contributed by atoms with Gasteiger partial charge in [-0.25, -0.2) is 4.90 Å². The highest BCUT2D eigenvalue weighted by Gasteiger charge is 2.49. The molecule has 3 aromatic carbocycles. The molecule has 0 unspecified atom stereocenters. The van der Waals surface area contributed by atoms with Gasteiger partial charge >= 0.3 is 0 Å². The van der Waals surface area contributed by atoms with E-state index in [0.29, 0.717) is 29.8 Å². The first-order chi connectivity index (χ1) is 17.8. The summed E-state index contributed by atoms with van der Waals surface area (Å²) in [5.74, 6) is -1.99. The van der Waals surface area contributed by atoms with Crippen molar-refractivity contribution in [2.24, 2.45) is 11.8 Å². The van der Waals surface area contributed by atoms with Crippen LogP contribution in [-0.4, -0.2) is 23.6 Å². The molecule has 1 saturated heterocycles. The first-order valence-corrected chi connectivity index (χ1v) is 12.2. The average Bonchev–Trinajstić information content (AvgIpc) is 3.14. The van der Waals surface area contributed by atoms with Crippen molar-refractivity contribution in [3.8, 4) is 0 Å². The number of aryl methyl sites for hydroxylation is 1. The van der Waals surface area contributed by atoms with Crippen LogP contribution in [0, 0.1) is 18.8 Å². The van der Waals surface area contributed by atoms with Gasteiger partial charge in [-0.3, -0.25) is 19.2 Å². The summed E-state index contributed by atoms with van der Waals surface area (Å²) in [6.45, 7) is 3.94. The Kier molecular flexibility index (Phi) is 6.44. The minimum absolute atomic E-state index is 0.230. The number of para-hydroxylation sites is 1. The van der Waals surface area contributed by atoms with Gasteiger partial charge in [-0.05, 0) is 75.2 Å². The molecule has 0 spiro atoms. The summed E-state index contributed by atoms with van der Waals surface area (Å²) in [6, 6.07) is 20.7. The fourth-order valence-electron chi connectivity index (χ4n) is 4.88. The first-order valence-electron chi connectivity index (χ1n) is 12.2. The predicted octanol–water partition coefficient (Wildman–Crippen LogP) is 5.35. The number of nitrogens with zero attached hydrogens (tertiary/aromatic N) is 1. The molecule has 0 aromatic heterocycles. The Hall–Kier alpha value is -4.52. The normalized spacial score (nSPS) is 18.8. The summed E-state index contributed by atoms with van der Waals surface area (Å²) >= 11 is 0. The van der Waals surface area contributed by atoms with Crippen LogP contribution >= 0.6 is 0 Å². The Morgan fingerprint density at radius 1 is 0.757 bits per heavy atom. The Bertz CT molecular complexity index is 1420. The van der Waals surface area contributed by atoms with Crippen LogP contribution in [0.3, 0.4) is 0 Å². The van der Waals surface area contributed by atoms with E-state index in [1.54, 1.807) is 48.5 Å². The van der Waals surface area contributed by atoms with Crippen molar-refractivity contribution < 1.29 is 19.2 Å². The molecule has 1 heterocycles. The highest BCUT2D eigenvalue weighted by Crippen LogP contribution is 2.40. The Morgan fingerprint density at radius 2 is 1.35 bits per heavy atom. The summed E-state index contributed by atoms with van der Waals surface area (Å²) in [5, 5.41) is 5.66. The topological polar surface area (TPSA) is 95.6 Å². The maximum Gasteiger partial charge on any atom is 0.257 e. The number of benzene rings is 3. The van der Waals surface area contributed by atoms with E-state index in [9.17, 15) is 19.2 Å². The van der Waals surface area contributed by atoms with Gasteiger partial charge in [0.1, 0.15) is 0 Å². The average molecular weight is 494 g/mol. The van der Waals surface area contributed by atoms with Crippen LogP contribution in [0.1, 0.15) is 46.0 Å². The molecule has 3 aromatic rings. The Balaban J connectivity index is 1.31. The van der Waals surface area contributed by atoms with Gasteiger partial charge in [0, 0.05) is 16.9 Å². The fourth-order valence-corrected chi connectivity index (χ4v) is 4.88. The maximum atomic E-state index is 13.2. The second-order valence-electron chi connectivity index (χ2n) is 9.58. The Labute approximate surface area is 215 Å². The van der Waals surface area contributed by atoms with E-state index in [4.69, 9.17) is 0 Å². The molecule has 2 N–H and O–H groups in total. The van der Waals surface area contributed by atoms with Crippen molar-refractivity contribution in [2.75, 3.05) is 15.5 Å². The lowest BCUT2D eigenvalue weighted by atomic mass is 9.82. The van der Waals surface area contributed by atoms with E-state index in [-0.39, 0.29) is 40.8 Å². The van der Waals surface area contributed by atoms with Crippen LogP contribution in [0.5, 0.6) is 0 Å². The molecule has 1 fully saturated rings. The second-order valence-corrected chi connectivity index (χ2v) is 9.58. The van der Waals surface area contributed by atoms with Gasteiger partial charge in [-0.2, -0.15) is 0 Å². The van der Waals surface area contributed by atoms with E-state index in [1.165, 1.54) is 4.90 Å². The van der Waals surface area contributed by atoms with Crippen molar-refractivity contribution in [1.29, 1.82) is 0 Å². The third-order valence-corrected chi connectivity index (χ3v) is 6.93. The zero-order valence-electron chi connectivity index (χ0n) is 20.7. The lowest BCUT2D eigenvalue weighted by Crippen LogP contribution is -2.33. The molecule has 7 heteroatoms. The number of fused-ring (bicyclic) bond motifs is 1. The standard InChI is InChI=1S/C30H27N3O4/c1-18-7-12-21(13-8-18)31-27(34)20-10-14-22(15-11-20)32-28(35)24-5-3-4-6-26(24)33-29(36)23-16-9-19(2)17-25(23)30(33)37/h3-15,23,25H,16-17H2,1-2H3,(H,31,34)(H,32,35)/t23-,25-/m1/s1. The van der Waals surface area contributed by atoms with Gasteiger partial charge in [-0.1, -0.05) is 41.5 Å². The number of nitrogens with one attached hydrogen (secondary N) is 2. The minimum Gasteiger partial charge on any atom is -0.322 e. The van der Waals surface area contributed by atoms with Crippen LogP contribution in [-0.2, 0) is 9.59 Å². The van der Waals surface area contributed by atoms with Gasteiger partial charge in [0.15, 0.2) is 0 Å². The molecule has 37 heavy (non-hydrogen) atoms. The molecule has 4 amide bonds. The van der Waals surface area contributed by atoms with Gasteiger partial charge in [0.2, 0.25) is 11.8 Å². The molecule has 1 aliphatic heterocycles. The zero-order valence-corrected chi connectivity index (χ0v) is 20.7. The predicted molar refractivity (Wildman–Crippen MR) is 142 cm³/mol. The maximum absolute atomic E-state index is 13.2. The third kappa shape index (κ3) is 4.80. The summed E-state index contributed by atoms with van der Waals surface area (Å²) in [7, 11) is 0. The first kappa shape index (κ1) is 24.2. The van der Waals surface area contributed by atoms with Crippen LogP contribution in [0.15, 0.2) is 84.4 Å². The molecule has 2 aliphatic rings. The van der Waals surface area contributed by atoms with E-state index < -0.39 is 5.91 Å². The number of hydrogen-bond donors (Lipinski definition) is 2. The van der Waals surface area contributed by atoms with Gasteiger partial charge in [-0.15, -0.1) is 0 Å².